The summed E-state index contributed by atoms with van der Waals surface area (Å²) in [6.45, 7) is 4.79. The Balaban J connectivity index is 1.44. The van der Waals surface area contributed by atoms with E-state index in [1.165, 1.54) is 5.56 Å². The molecule has 4 rings (SSSR count). The van der Waals surface area contributed by atoms with E-state index in [1.54, 1.807) is 18.6 Å². The highest BCUT2D eigenvalue weighted by molar-refractivity contribution is 5.34. The fourth-order valence-corrected chi connectivity index (χ4v) is 3.70. The molecule has 0 unspecified atom stereocenters. The Bertz CT molecular complexity index is 914. The quantitative estimate of drug-likeness (QED) is 0.786. The molecule has 0 amide bonds. The number of benzene rings is 1. The van der Waals surface area contributed by atoms with E-state index in [1.807, 2.05) is 17.7 Å². The molecule has 1 N–H and O–H groups in total. The van der Waals surface area contributed by atoms with Crippen LogP contribution in [0.15, 0.2) is 53.8 Å². The predicted molar refractivity (Wildman–Crippen MR) is 100 cm³/mol. The second-order valence-corrected chi connectivity index (χ2v) is 6.97. The van der Waals surface area contributed by atoms with Gasteiger partial charge < -0.3 is 9.55 Å². The average molecular weight is 349 g/mol. The second-order valence-electron chi connectivity index (χ2n) is 6.97. The van der Waals surface area contributed by atoms with E-state index in [2.05, 4.69) is 44.1 Å². The minimum Gasteiger partial charge on any atom is -0.311 e. The molecule has 0 bridgehead atoms. The van der Waals surface area contributed by atoms with Gasteiger partial charge in [0.25, 0.3) is 5.56 Å². The molecule has 134 valence electrons. The Labute approximate surface area is 152 Å². The van der Waals surface area contributed by atoms with Crippen molar-refractivity contribution in [1.29, 1.82) is 0 Å². The van der Waals surface area contributed by atoms with Gasteiger partial charge in [-0.15, -0.1) is 0 Å². The van der Waals surface area contributed by atoms with Gasteiger partial charge in [-0.2, -0.15) is 0 Å². The van der Waals surface area contributed by atoms with E-state index in [9.17, 15) is 4.79 Å². The number of nitrogens with one attached hydrogen (secondary N) is 1. The van der Waals surface area contributed by atoms with E-state index in [0.29, 0.717) is 11.7 Å². The summed E-state index contributed by atoms with van der Waals surface area (Å²) in [6, 6.07) is 10.3. The van der Waals surface area contributed by atoms with Gasteiger partial charge in [0.1, 0.15) is 5.82 Å². The smallest absolute Gasteiger partial charge is 0.251 e. The maximum Gasteiger partial charge on any atom is 0.251 e. The highest BCUT2D eigenvalue weighted by atomic mass is 16.1. The van der Waals surface area contributed by atoms with E-state index in [4.69, 9.17) is 0 Å². The maximum absolute atomic E-state index is 11.7. The zero-order valence-electron chi connectivity index (χ0n) is 14.9. The first kappa shape index (κ1) is 16.7. The number of nitrogens with zero attached hydrogens (tertiary/aromatic N) is 4. The number of aromatic amines is 1. The molecule has 1 aliphatic rings. The van der Waals surface area contributed by atoms with E-state index >= 15 is 0 Å². The summed E-state index contributed by atoms with van der Waals surface area (Å²) >= 11 is 0. The highest BCUT2D eigenvalue weighted by Crippen LogP contribution is 2.26. The lowest BCUT2D eigenvalue weighted by atomic mass is 9.94. The molecule has 6 nitrogen and oxygen atoms in total. The van der Waals surface area contributed by atoms with E-state index in [0.717, 1.165) is 43.9 Å². The van der Waals surface area contributed by atoms with Crippen LogP contribution in [0.4, 0.5) is 0 Å². The van der Waals surface area contributed by atoms with Gasteiger partial charge in [-0.3, -0.25) is 9.69 Å². The van der Waals surface area contributed by atoms with Crippen LogP contribution in [0.5, 0.6) is 0 Å². The van der Waals surface area contributed by atoms with Crippen molar-refractivity contribution in [3.8, 4) is 5.69 Å². The molecule has 6 heteroatoms. The van der Waals surface area contributed by atoms with Gasteiger partial charge in [0.2, 0.25) is 0 Å². The number of aryl methyl sites for hydroxylation is 1. The van der Waals surface area contributed by atoms with Crippen molar-refractivity contribution < 1.29 is 0 Å². The van der Waals surface area contributed by atoms with E-state index < -0.39 is 0 Å². The van der Waals surface area contributed by atoms with Crippen LogP contribution in [-0.2, 0) is 6.54 Å². The zero-order chi connectivity index (χ0) is 17.9. The van der Waals surface area contributed by atoms with Crippen LogP contribution in [0.2, 0.25) is 0 Å². The molecular weight excluding hydrogens is 326 g/mol. The molecule has 0 aliphatic carbocycles. The summed E-state index contributed by atoms with van der Waals surface area (Å²) in [5, 5.41) is 0. The normalized spacial score (nSPS) is 18.1. The summed E-state index contributed by atoms with van der Waals surface area (Å²) in [5.74, 6) is 1.02. The van der Waals surface area contributed by atoms with Crippen molar-refractivity contribution in [3.05, 3.63) is 76.5 Å². The Hall–Kier alpha value is -2.73. The minimum atomic E-state index is -0.0558. The van der Waals surface area contributed by atoms with Crippen molar-refractivity contribution >= 4 is 0 Å². The van der Waals surface area contributed by atoms with Crippen LogP contribution in [0, 0.1) is 6.92 Å². The molecule has 26 heavy (non-hydrogen) atoms. The zero-order valence-corrected chi connectivity index (χ0v) is 14.9. The topological polar surface area (TPSA) is 66.8 Å². The number of hydrogen-bond acceptors (Lipinski definition) is 4. The number of H-pyrrole nitrogens is 1. The lowest BCUT2D eigenvalue weighted by Gasteiger charge is -2.32. The van der Waals surface area contributed by atoms with Crippen LogP contribution >= 0.6 is 0 Å². The van der Waals surface area contributed by atoms with Gasteiger partial charge >= 0.3 is 0 Å². The first-order chi connectivity index (χ1) is 12.7. The summed E-state index contributed by atoms with van der Waals surface area (Å²) < 4.78 is 2.00. The summed E-state index contributed by atoms with van der Waals surface area (Å²) in [5.41, 5.74) is 3.28. The third kappa shape index (κ3) is 3.75. The highest BCUT2D eigenvalue weighted by Gasteiger charge is 2.23. The van der Waals surface area contributed by atoms with Crippen LogP contribution in [0.3, 0.4) is 0 Å². The fourth-order valence-electron chi connectivity index (χ4n) is 3.70. The fraction of sp³-hybridized carbons (Fsp3) is 0.350. The van der Waals surface area contributed by atoms with Gasteiger partial charge in [-0.05, 0) is 44.0 Å². The number of piperidine rings is 1. The van der Waals surface area contributed by atoms with Crippen molar-refractivity contribution in [3.63, 3.8) is 0 Å². The molecule has 0 spiro atoms. The molecule has 0 saturated carbocycles. The van der Waals surface area contributed by atoms with Crippen LogP contribution < -0.4 is 5.56 Å². The molecule has 1 aliphatic heterocycles. The largest absolute Gasteiger partial charge is 0.311 e. The Kier molecular flexibility index (Phi) is 4.67. The Morgan fingerprint density at radius 3 is 2.85 bits per heavy atom. The third-order valence-electron chi connectivity index (χ3n) is 4.95. The van der Waals surface area contributed by atoms with Crippen molar-refractivity contribution in [1.82, 2.24) is 24.4 Å². The predicted octanol–water partition coefficient (Wildman–Crippen LogP) is 2.64. The molecule has 2 aromatic heterocycles. The lowest BCUT2D eigenvalue weighted by molar-refractivity contribution is 0.198. The monoisotopic (exact) mass is 349 g/mol. The third-order valence-corrected chi connectivity index (χ3v) is 4.95. The molecule has 1 aromatic carbocycles. The molecule has 3 aromatic rings. The van der Waals surface area contributed by atoms with Crippen molar-refractivity contribution in [2.45, 2.75) is 32.2 Å². The minimum absolute atomic E-state index is 0.0558. The number of hydrogen-bond donors (Lipinski definition) is 1. The molecule has 3 heterocycles. The second kappa shape index (κ2) is 7.25. The van der Waals surface area contributed by atoms with Gasteiger partial charge in [0.05, 0.1) is 12.0 Å². The molecule has 1 fully saturated rings. The lowest BCUT2D eigenvalue weighted by Crippen LogP contribution is -2.34. The molecule has 0 radical (unpaired) electrons. The van der Waals surface area contributed by atoms with Gasteiger partial charge in [-0.1, -0.05) is 12.1 Å². The summed E-state index contributed by atoms with van der Waals surface area (Å²) in [6.07, 6.45) is 7.76. The average Bonchev–Trinajstić information content (AvgIpc) is 3.16. The first-order valence-corrected chi connectivity index (χ1v) is 9.05. The number of rotatable bonds is 4. The van der Waals surface area contributed by atoms with Crippen molar-refractivity contribution in [2.24, 2.45) is 0 Å². The number of likely N-dealkylation sites (tertiary alicyclic amines) is 1. The van der Waals surface area contributed by atoms with E-state index in [-0.39, 0.29) is 5.56 Å². The molecular formula is C20H23N5O. The SMILES string of the molecule is Cc1nc([C@H]2CCCN(Cc3ccc(-n4ccnc4)cc3)C2)cc(=O)[nH]1. The van der Waals surface area contributed by atoms with Crippen LogP contribution in [0.1, 0.15) is 35.8 Å². The molecule has 1 saturated heterocycles. The van der Waals surface area contributed by atoms with Crippen LogP contribution in [-0.4, -0.2) is 37.5 Å². The summed E-state index contributed by atoms with van der Waals surface area (Å²) in [4.78, 5) is 25.6. The standard InChI is InChI=1S/C20H23N5O/c1-15-22-19(11-20(26)23-15)17-3-2-9-24(13-17)12-16-4-6-18(7-5-16)25-10-8-21-14-25/h4-8,10-11,14,17H,2-3,9,12-13H2,1H3,(H,22,23,26)/t17-/m0/s1. The van der Waals surface area contributed by atoms with Gasteiger partial charge in [0, 0.05) is 43.2 Å². The number of imidazole rings is 1. The maximum atomic E-state index is 11.7. The first-order valence-electron chi connectivity index (χ1n) is 9.05. The Morgan fingerprint density at radius 1 is 1.27 bits per heavy atom. The van der Waals surface area contributed by atoms with Crippen molar-refractivity contribution in [2.75, 3.05) is 13.1 Å². The van der Waals surface area contributed by atoms with Crippen LogP contribution in [0.25, 0.3) is 5.69 Å². The Morgan fingerprint density at radius 2 is 2.12 bits per heavy atom. The van der Waals surface area contributed by atoms with Gasteiger partial charge in [0.15, 0.2) is 0 Å². The number of aromatic nitrogens is 4. The molecule has 1 atom stereocenters. The van der Waals surface area contributed by atoms with Gasteiger partial charge in [-0.25, -0.2) is 9.97 Å². The summed E-state index contributed by atoms with van der Waals surface area (Å²) in [7, 11) is 0.